The highest BCUT2D eigenvalue weighted by Gasteiger charge is 2.10. The van der Waals surface area contributed by atoms with Gasteiger partial charge >= 0.3 is 0 Å². The highest BCUT2D eigenvalue weighted by Crippen LogP contribution is 2.35. The minimum Gasteiger partial charge on any atom is -0.486 e. The molecule has 0 bridgehead atoms. The summed E-state index contributed by atoms with van der Waals surface area (Å²) < 4.78 is 5.84. The smallest absolute Gasteiger partial charge is 0.156 e. The van der Waals surface area contributed by atoms with E-state index in [1.54, 1.807) is 0 Å². The largest absolute Gasteiger partial charge is 0.486 e. The van der Waals surface area contributed by atoms with Crippen LogP contribution in [-0.2, 0) is 13.2 Å². The van der Waals surface area contributed by atoms with Crippen molar-refractivity contribution in [2.45, 2.75) is 27.0 Å². The predicted molar refractivity (Wildman–Crippen MR) is 110 cm³/mol. The lowest BCUT2D eigenvalue weighted by Crippen LogP contribution is -2.01. The van der Waals surface area contributed by atoms with Crippen LogP contribution in [0.25, 0.3) is 0 Å². The summed E-state index contributed by atoms with van der Waals surface area (Å²) in [6, 6.07) is 20.2. The van der Waals surface area contributed by atoms with Crippen molar-refractivity contribution in [1.29, 1.82) is 0 Å². The van der Waals surface area contributed by atoms with Crippen LogP contribution in [0.5, 0.6) is 5.75 Å². The number of aryl methyl sites for hydroxylation is 2. The topological polar surface area (TPSA) is 21.3 Å². The molecule has 0 aliphatic rings. The molecule has 0 aromatic heterocycles. The summed E-state index contributed by atoms with van der Waals surface area (Å²) in [6.45, 7) is 5.20. The molecule has 0 atom stereocenters. The lowest BCUT2D eigenvalue weighted by atomic mass is 10.1. The molecule has 134 valence electrons. The van der Waals surface area contributed by atoms with Gasteiger partial charge in [-0.05, 0) is 54.8 Å². The highest BCUT2D eigenvalue weighted by atomic mass is 35.5. The second kappa shape index (κ2) is 8.48. The van der Waals surface area contributed by atoms with Crippen LogP contribution >= 0.6 is 23.2 Å². The molecule has 0 unspecified atom stereocenters. The Morgan fingerprint density at radius 3 is 2.15 bits per heavy atom. The van der Waals surface area contributed by atoms with Gasteiger partial charge in [-0.2, -0.15) is 0 Å². The lowest BCUT2D eigenvalue weighted by molar-refractivity contribution is 0.306. The molecule has 0 saturated heterocycles. The summed E-state index contributed by atoms with van der Waals surface area (Å²) >= 11 is 12.8. The molecule has 0 heterocycles. The van der Waals surface area contributed by atoms with Gasteiger partial charge in [-0.3, -0.25) is 0 Å². The standard InChI is InChI=1S/C22H21Cl2NO/c1-15-6-8-17(9-7-15)14-26-22-20(23)11-18(12-21(22)24)13-25-19-5-3-4-16(2)10-19/h3-12,25H,13-14H2,1-2H3. The number of ether oxygens (including phenoxy) is 1. The fraction of sp³-hybridized carbons (Fsp3) is 0.182. The van der Waals surface area contributed by atoms with Gasteiger partial charge in [0.15, 0.2) is 5.75 Å². The van der Waals surface area contributed by atoms with Crippen LogP contribution in [0.4, 0.5) is 5.69 Å². The van der Waals surface area contributed by atoms with Crippen LogP contribution in [-0.4, -0.2) is 0 Å². The molecule has 0 spiro atoms. The lowest BCUT2D eigenvalue weighted by Gasteiger charge is -2.13. The van der Waals surface area contributed by atoms with Crippen molar-refractivity contribution in [3.8, 4) is 5.75 Å². The molecule has 3 aromatic carbocycles. The maximum absolute atomic E-state index is 6.40. The monoisotopic (exact) mass is 385 g/mol. The number of nitrogens with one attached hydrogen (secondary N) is 1. The van der Waals surface area contributed by atoms with Gasteiger partial charge in [0, 0.05) is 12.2 Å². The molecule has 2 nitrogen and oxygen atoms in total. The van der Waals surface area contributed by atoms with Crippen molar-refractivity contribution in [3.05, 3.63) is 93.0 Å². The number of hydrogen-bond acceptors (Lipinski definition) is 2. The molecule has 0 aliphatic heterocycles. The Bertz CT molecular complexity index is 868. The van der Waals surface area contributed by atoms with Gasteiger partial charge in [-0.25, -0.2) is 0 Å². The molecular weight excluding hydrogens is 365 g/mol. The fourth-order valence-electron chi connectivity index (χ4n) is 2.65. The quantitative estimate of drug-likeness (QED) is 0.503. The maximum Gasteiger partial charge on any atom is 0.156 e. The zero-order valence-corrected chi connectivity index (χ0v) is 16.4. The van der Waals surface area contributed by atoms with Crippen LogP contribution in [0.2, 0.25) is 10.0 Å². The van der Waals surface area contributed by atoms with Crippen LogP contribution in [0.3, 0.4) is 0 Å². The molecule has 0 aliphatic carbocycles. The highest BCUT2D eigenvalue weighted by molar-refractivity contribution is 6.37. The Balaban J connectivity index is 1.66. The summed E-state index contributed by atoms with van der Waals surface area (Å²) in [5, 5.41) is 4.42. The summed E-state index contributed by atoms with van der Waals surface area (Å²) in [7, 11) is 0. The Morgan fingerprint density at radius 1 is 0.808 bits per heavy atom. The molecule has 0 saturated carbocycles. The first-order chi connectivity index (χ1) is 12.5. The zero-order chi connectivity index (χ0) is 18.5. The molecule has 0 amide bonds. The molecule has 4 heteroatoms. The molecule has 0 radical (unpaired) electrons. The summed E-state index contributed by atoms with van der Waals surface area (Å²) in [6.07, 6.45) is 0. The van der Waals surface area contributed by atoms with E-state index in [1.807, 2.05) is 36.4 Å². The van der Waals surface area contributed by atoms with Crippen molar-refractivity contribution >= 4 is 28.9 Å². The number of rotatable bonds is 6. The molecule has 26 heavy (non-hydrogen) atoms. The van der Waals surface area contributed by atoms with E-state index >= 15 is 0 Å². The van der Waals surface area contributed by atoms with Crippen LogP contribution in [0, 0.1) is 13.8 Å². The molecular formula is C22H21Cl2NO. The van der Waals surface area contributed by atoms with E-state index in [9.17, 15) is 0 Å². The second-order valence-electron chi connectivity index (χ2n) is 6.39. The van der Waals surface area contributed by atoms with Crippen molar-refractivity contribution in [2.75, 3.05) is 5.32 Å². The third-order valence-corrected chi connectivity index (χ3v) is 4.64. The van der Waals surface area contributed by atoms with Crippen molar-refractivity contribution in [2.24, 2.45) is 0 Å². The average molecular weight is 386 g/mol. The van der Waals surface area contributed by atoms with Gasteiger partial charge in [-0.1, -0.05) is 65.2 Å². The summed E-state index contributed by atoms with van der Waals surface area (Å²) in [5.74, 6) is 0.521. The third-order valence-electron chi connectivity index (χ3n) is 4.08. The van der Waals surface area contributed by atoms with Crippen molar-refractivity contribution < 1.29 is 4.74 Å². The number of hydrogen-bond donors (Lipinski definition) is 1. The van der Waals surface area contributed by atoms with E-state index < -0.39 is 0 Å². The van der Waals surface area contributed by atoms with Gasteiger partial charge in [0.05, 0.1) is 10.0 Å². The summed E-state index contributed by atoms with van der Waals surface area (Å²) in [4.78, 5) is 0. The maximum atomic E-state index is 6.40. The van der Waals surface area contributed by atoms with Gasteiger partial charge in [0.25, 0.3) is 0 Å². The van der Waals surface area contributed by atoms with E-state index in [-0.39, 0.29) is 0 Å². The Labute approximate surface area is 164 Å². The zero-order valence-electron chi connectivity index (χ0n) is 14.9. The van der Waals surface area contributed by atoms with Crippen molar-refractivity contribution in [3.63, 3.8) is 0 Å². The van der Waals surface area contributed by atoms with Crippen LogP contribution in [0.1, 0.15) is 22.3 Å². The fourth-order valence-corrected chi connectivity index (χ4v) is 3.29. The minimum absolute atomic E-state index is 0.431. The normalized spacial score (nSPS) is 10.6. The van der Waals surface area contributed by atoms with Crippen molar-refractivity contribution in [1.82, 2.24) is 0 Å². The molecule has 0 fully saturated rings. The van der Waals surface area contributed by atoms with E-state index in [1.165, 1.54) is 11.1 Å². The first-order valence-corrected chi connectivity index (χ1v) is 9.23. The molecule has 3 aromatic rings. The Hall–Kier alpha value is -2.16. The SMILES string of the molecule is Cc1ccc(COc2c(Cl)cc(CNc3cccc(C)c3)cc2Cl)cc1. The van der Waals surface area contributed by atoms with E-state index in [4.69, 9.17) is 27.9 Å². The van der Waals surface area contributed by atoms with Gasteiger partial charge in [-0.15, -0.1) is 0 Å². The number of benzene rings is 3. The van der Waals surface area contributed by atoms with Gasteiger partial charge in [0.2, 0.25) is 0 Å². The predicted octanol–water partition coefficient (Wildman–Crippen LogP) is 6.80. The van der Waals surface area contributed by atoms with Gasteiger partial charge < -0.3 is 10.1 Å². The Kier molecular flexibility index (Phi) is 6.08. The number of halogens is 2. The van der Waals surface area contributed by atoms with Crippen LogP contribution < -0.4 is 10.1 Å². The van der Waals surface area contributed by atoms with E-state index in [2.05, 4.69) is 43.4 Å². The average Bonchev–Trinajstić information content (AvgIpc) is 2.61. The second-order valence-corrected chi connectivity index (χ2v) is 7.20. The first-order valence-electron chi connectivity index (χ1n) is 8.48. The minimum atomic E-state index is 0.431. The molecule has 1 N–H and O–H groups in total. The van der Waals surface area contributed by atoms with Gasteiger partial charge in [0.1, 0.15) is 6.61 Å². The van der Waals surface area contributed by atoms with Crippen LogP contribution in [0.15, 0.2) is 60.7 Å². The Morgan fingerprint density at radius 2 is 1.50 bits per heavy atom. The first kappa shape index (κ1) is 18.6. The van der Waals surface area contributed by atoms with E-state index in [0.717, 1.165) is 16.8 Å². The third kappa shape index (κ3) is 4.94. The molecule has 3 rings (SSSR count). The summed E-state index contributed by atoms with van der Waals surface area (Å²) in [5.41, 5.74) is 5.58. The number of anilines is 1. The van der Waals surface area contributed by atoms with E-state index in [0.29, 0.717) is 28.9 Å².